The van der Waals surface area contributed by atoms with Gasteiger partial charge in [-0.25, -0.2) is 4.79 Å². The maximum absolute atomic E-state index is 13.3. The molecule has 13 heteroatoms. The van der Waals surface area contributed by atoms with Crippen molar-refractivity contribution in [3.63, 3.8) is 0 Å². The number of aromatic amines is 1. The Hall–Kier alpha value is -3.58. The number of rotatable bonds is 12. The van der Waals surface area contributed by atoms with Gasteiger partial charge in [-0.2, -0.15) is 12.6 Å². The molecule has 0 radical (unpaired) electrons. The lowest BCUT2D eigenvalue weighted by atomic mass is 10.0. The number of carbonyl (C=O) groups excluding carboxylic acids is 4. The van der Waals surface area contributed by atoms with Crippen LogP contribution in [0, 0.1) is 0 Å². The first-order valence-corrected chi connectivity index (χ1v) is 12.6. The van der Waals surface area contributed by atoms with Crippen LogP contribution in [0.25, 0.3) is 10.9 Å². The minimum absolute atomic E-state index is 0.0459. The van der Waals surface area contributed by atoms with Crippen LogP contribution in [0.4, 0.5) is 0 Å². The number of nitrogens with two attached hydrogens (primary N) is 2. The number of likely N-dealkylation sites (tertiary alicyclic amines) is 1. The lowest BCUT2D eigenvalue weighted by Crippen LogP contribution is -2.57. The summed E-state index contributed by atoms with van der Waals surface area (Å²) in [6.07, 6.45) is 2.36. The number of aromatic nitrogens is 1. The average Bonchev–Trinajstić information content (AvgIpc) is 3.52. The van der Waals surface area contributed by atoms with Gasteiger partial charge in [0.25, 0.3) is 0 Å². The number of carbonyl (C=O) groups is 5. The van der Waals surface area contributed by atoms with Gasteiger partial charge in [0.05, 0.1) is 6.04 Å². The Morgan fingerprint density at radius 1 is 1.16 bits per heavy atom. The largest absolute Gasteiger partial charge is 0.480 e. The lowest BCUT2D eigenvalue weighted by molar-refractivity contribution is -0.145. The summed E-state index contributed by atoms with van der Waals surface area (Å²) in [7, 11) is 0. The Bertz CT molecular complexity index is 1170. The molecule has 0 aliphatic carbocycles. The summed E-state index contributed by atoms with van der Waals surface area (Å²) < 4.78 is 0. The molecule has 0 bridgehead atoms. The number of carboxylic acids is 1. The summed E-state index contributed by atoms with van der Waals surface area (Å²) in [5.41, 5.74) is 12.5. The lowest BCUT2D eigenvalue weighted by Gasteiger charge is -2.29. The summed E-state index contributed by atoms with van der Waals surface area (Å²) in [6, 6.07) is 3.19. The number of thiol groups is 1. The van der Waals surface area contributed by atoms with E-state index in [1.807, 2.05) is 24.3 Å². The van der Waals surface area contributed by atoms with E-state index in [4.69, 9.17) is 11.5 Å². The summed E-state index contributed by atoms with van der Waals surface area (Å²) in [6.45, 7) is 0.235. The van der Waals surface area contributed by atoms with Crippen molar-refractivity contribution in [2.75, 3.05) is 12.3 Å². The van der Waals surface area contributed by atoms with Gasteiger partial charge in [-0.1, -0.05) is 18.2 Å². The summed E-state index contributed by atoms with van der Waals surface area (Å²) in [4.78, 5) is 66.5. The molecular weight excluding hydrogens is 500 g/mol. The van der Waals surface area contributed by atoms with Gasteiger partial charge in [-0.15, -0.1) is 0 Å². The van der Waals surface area contributed by atoms with Crippen molar-refractivity contribution in [2.24, 2.45) is 11.5 Å². The molecule has 2 aromatic rings. The number of primary amides is 1. The smallest absolute Gasteiger partial charge is 0.326 e. The van der Waals surface area contributed by atoms with Crippen molar-refractivity contribution < 1.29 is 29.1 Å². The van der Waals surface area contributed by atoms with Crippen molar-refractivity contribution in [1.29, 1.82) is 0 Å². The second kappa shape index (κ2) is 12.6. The SMILES string of the molecule is NC(=O)CCC(NC(=O)C(N)CS)C(=O)N1CCCC1C(=O)NC(Cc1c[nH]c2ccccc12)C(=O)O. The standard InChI is InChI=1S/C24H32N6O6S/c25-15(12-37)21(32)28-17(7-8-20(26)31)23(34)30-9-3-6-19(30)22(33)29-18(24(35)36)10-13-11-27-16-5-2-1-4-14(13)16/h1-2,4-5,11,15,17-19,27,37H,3,6-10,12,25H2,(H2,26,31)(H,28,32)(H,29,33)(H,35,36). The zero-order valence-electron chi connectivity index (χ0n) is 20.2. The molecule has 4 atom stereocenters. The van der Waals surface area contributed by atoms with E-state index in [9.17, 15) is 29.1 Å². The Labute approximate surface area is 218 Å². The minimum atomic E-state index is -1.22. The first-order valence-electron chi connectivity index (χ1n) is 12.0. The molecule has 4 unspecified atom stereocenters. The van der Waals surface area contributed by atoms with Gasteiger partial charge < -0.3 is 37.1 Å². The van der Waals surface area contributed by atoms with Crippen molar-refractivity contribution >= 4 is 53.1 Å². The molecule has 1 aliphatic heterocycles. The molecule has 2 heterocycles. The van der Waals surface area contributed by atoms with Gasteiger partial charge in [-0.05, 0) is 30.9 Å². The normalized spacial score (nSPS) is 17.7. The highest BCUT2D eigenvalue weighted by molar-refractivity contribution is 7.80. The van der Waals surface area contributed by atoms with Gasteiger partial charge in [0.2, 0.25) is 23.6 Å². The third-order valence-corrected chi connectivity index (χ3v) is 6.77. The topological polar surface area (TPSA) is 201 Å². The number of hydrogen-bond acceptors (Lipinski definition) is 7. The zero-order valence-corrected chi connectivity index (χ0v) is 21.1. The highest BCUT2D eigenvalue weighted by Crippen LogP contribution is 2.22. The van der Waals surface area contributed by atoms with Gasteiger partial charge in [-0.3, -0.25) is 19.2 Å². The third-order valence-electron chi connectivity index (χ3n) is 6.38. The molecule has 1 fully saturated rings. The van der Waals surface area contributed by atoms with E-state index in [1.165, 1.54) is 4.90 Å². The summed E-state index contributed by atoms with van der Waals surface area (Å²) >= 11 is 3.98. The van der Waals surface area contributed by atoms with E-state index in [-0.39, 0.29) is 31.6 Å². The molecule has 37 heavy (non-hydrogen) atoms. The Balaban J connectivity index is 1.73. The maximum Gasteiger partial charge on any atom is 0.326 e. The zero-order chi connectivity index (χ0) is 27.1. The predicted octanol–water partition coefficient (Wildman–Crippen LogP) is -0.722. The Morgan fingerprint density at radius 2 is 1.89 bits per heavy atom. The molecule has 1 saturated heterocycles. The first kappa shape index (κ1) is 28.0. The Morgan fingerprint density at radius 3 is 2.57 bits per heavy atom. The molecular formula is C24H32N6O6S. The van der Waals surface area contributed by atoms with Crippen LogP contribution >= 0.6 is 12.6 Å². The number of nitrogens with one attached hydrogen (secondary N) is 3. The highest BCUT2D eigenvalue weighted by Gasteiger charge is 2.39. The second-order valence-corrected chi connectivity index (χ2v) is 9.37. The molecule has 200 valence electrons. The molecule has 1 aromatic carbocycles. The van der Waals surface area contributed by atoms with Crippen LogP contribution in [0.5, 0.6) is 0 Å². The molecule has 1 aliphatic rings. The fraction of sp³-hybridized carbons (Fsp3) is 0.458. The highest BCUT2D eigenvalue weighted by atomic mass is 32.1. The van der Waals surface area contributed by atoms with Gasteiger partial charge in [0.1, 0.15) is 18.1 Å². The van der Waals surface area contributed by atoms with Crippen LogP contribution in [0.1, 0.15) is 31.2 Å². The van der Waals surface area contributed by atoms with Crippen molar-refractivity contribution in [3.8, 4) is 0 Å². The quantitative estimate of drug-likeness (QED) is 0.175. The molecule has 0 saturated carbocycles. The van der Waals surface area contributed by atoms with Gasteiger partial charge in [0, 0.05) is 42.2 Å². The second-order valence-electron chi connectivity index (χ2n) is 9.01. The van der Waals surface area contributed by atoms with E-state index < -0.39 is 53.8 Å². The van der Waals surface area contributed by atoms with E-state index >= 15 is 0 Å². The minimum Gasteiger partial charge on any atom is -0.480 e. The number of amides is 4. The first-order chi connectivity index (χ1) is 17.6. The van der Waals surface area contributed by atoms with Crippen molar-refractivity contribution in [3.05, 3.63) is 36.0 Å². The third kappa shape index (κ3) is 7.01. The number of benzene rings is 1. The van der Waals surface area contributed by atoms with Gasteiger partial charge in [0.15, 0.2) is 0 Å². The van der Waals surface area contributed by atoms with Crippen molar-refractivity contribution in [2.45, 2.75) is 56.3 Å². The van der Waals surface area contributed by atoms with Crippen LogP contribution in [-0.2, 0) is 30.4 Å². The summed E-state index contributed by atoms with van der Waals surface area (Å²) in [5, 5.41) is 15.7. The Kier molecular flexibility index (Phi) is 9.53. The number of carboxylic acid groups (broad SMARTS) is 1. The van der Waals surface area contributed by atoms with Crippen LogP contribution in [0.3, 0.4) is 0 Å². The number of para-hydroxylation sites is 1. The maximum atomic E-state index is 13.3. The predicted molar refractivity (Wildman–Crippen MR) is 138 cm³/mol. The van der Waals surface area contributed by atoms with Crippen LogP contribution in [0.15, 0.2) is 30.5 Å². The van der Waals surface area contributed by atoms with Crippen LogP contribution in [-0.4, -0.2) is 81.1 Å². The summed E-state index contributed by atoms with van der Waals surface area (Å²) in [5.74, 6) is -3.61. The van der Waals surface area contributed by atoms with E-state index in [1.54, 1.807) is 6.20 Å². The van der Waals surface area contributed by atoms with Crippen molar-refractivity contribution in [1.82, 2.24) is 20.5 Å². The number of hydrogen-bond donors (Lipinski definition) is 7. The number of H-pyrrole nitrogens is 1. The number of nitrogens with zero attached hydrogens (tertiary/aromatic N) is 1. The fourth-order valence-corrected chi connectivity index (χ4v) is 4.56. The molecule has 4 amide bonds. The number of fused-ring (bicyclic) bond motifs is 1. The molecule has 3 rings (SSSR count). The molecule has 1 aromatic heterocycles. The molecule has 12 nitrogen and oxygen atoms in total. The van der Waals surface area contributed by atoms with Crippen LogP contribution < -0.4 is 22.1 Å². The van der Waals surface area contributed by atoms with E-state index in [2.05, 4.69) is 28.2 Å². The van der Waals surface area contributed by atoms with E-state index in [0.29, 0.717) is 12.8 Å². The van der Waals surface area contributed by atoms with Crippen LogP contribution in [0.2, 0.25) is 0 Å². The molecule has 8 N–H and O–H groups in total. The average molecular weight is 533 g/mol. The van der Waals surface area contributed by atoms with Gasteiger partial charge >= 0.3 is 5.97 Å². The fourth-order valence-electron chi connectivity index (χ4n) is 4.40. The molecule has 0 spiro atoms. The number of aliphatic carboxylic acids is 1. The van der Waals surface area contributed by atoms with E-state index in [0.717, 1.165) is 16.5 Å². The monoisotopic (exact) mass is 532 g/mol.